The van der Waals surface area contributed by atoms with E-state index in [4.69, 9.17) is 9.73 Å². The summed E-state index contributed by atoms with van der Waals surface area (Å²) in [5.74, 6) is 1.50. The lowest BCUT2D eigenvalue weighted by molar-refractivity contribution is 0.131. The van der Waals surface area contributed by atoms with Crippen molar-refractivity contribution in [3.05, 3.63) is 30.3 Å². The average molecular weight is 375 g/mol. The number of para-hydroxylation sites is 1. The molecular formula is C21H34N4O2. The first-order valence-corrected chi connectivity index (χ1v) is 10.3. The molecule has 2 atom stereocenters. The molecule has 150 valence electrons. The number of anilines is 1. The van der Waals surface area contributed by atoms with Gasteiger partial charge in [0, 0.05) is 50.5 Å². The molecule has 0 radical (unpaired) electrons. The topological polar surface area (TPSA) is 69.1 Å². The molecule has 0 amide bonds. The fourth-order valence-corrected chi connectivity index (χ4v) is 3.99. The molecule has 3 rings (SSSR count). The molecule has 1 aromatic rings. The van der Waals surface area contributed by atoms with Crippen LogP contribution in [0.4, 0.5) is 5.69 Å². The highest BCUT2D eigenvalue weighted by atomic mass is 16.5. The SMILES string of the molecule is CCNC(=NCC1(CCO)CCOC1)NCC1CCN(c2ccccc2)C1. The van der Waals surface area contributed by atoms with E-state index in [2.05, 4.69) is 52.8 Å². The maximum atomic E-state index is 9.39. The number of guanidine groups is 1. The second-order valence-electron chi connectivity index (χ2n) is 7.79. The van der Waals surface area contributed by atoms with E-state index in [0.29, 0.717) is 19.1 Å². The lowest BCUT2D eigenvalue weighted by Gasteiger charge is -2.25. The third kappa shape index (κ3) is 5.59. The summed E-state index contributed by atoms with van der Waals surface area (Å²) in [6.07, 6.45) is 2.93. The van der Waals surface area contributed by atoms with Gasteiger partial charge in [-0.25, -0.2) is 0 Å². The van der Waals surface area contributed by atoms with E-state index in [1.54, 1.807) is 0 Å². The Bertz CT molecular complexity index is 587. The fourth-order valence-electron chi connectivity index (χ4n) is 3.99. The van der Waals surface area contributed by atoms with E-state index in [1.165, 1.54) is 12.1 Å². The van der Waals surface area contributed by atoms with Crippen LogP contribution in [0.25, 0.3) is 0 Å². The summed E-state index contributed by atoms with van der Waals surface area (Å²) in [6, 6.07) is 10.6. The van der Waals surface area contributed by atoms with E-state index in [1.807, 2.05) is 0 Å². The third-order valence-corrected chi connectivity index (χ3v) is 5.71. The van der Waals surface area contributed by atoms with Crippen LogP contribution in [0.3, 0.4) is 0 Å². The molecule has 2 saturated heterocycles. The highest BCUT2D eigenvalue weighted by Gasteiger charge is 2.34. The minimum atomic E-state index is -0.00539. The van der Waals surface area contributed by atoms with Gasteiger partial charge in [-0.3, -0.25) is 4.99 Å². The molecule has 2 aliphatic rings. The first-order chi connectivity index (χ1) is 13.2. The number of hydrogen-bond acceptors (Lipinski definition) is 4. The van der Waals surface area contributed by atoms with E-state index in [-0.39, 0.29) is 12.0 Å². The maximum absolute atomic E-state index is 9.39. The largest absolute Gasteiger partial charge is 0.396 e. The van der Waals surface area contributed by atoms with Crippen LogP contribution in [0, 0.1) is 11.3 Å². The van der Waals surface area contributed by atoms with Gasteiger partial charge in [-0.2, -0.15) is 0 Å². The van der Waals surface area contributed by atoms with Gasteiger partial charge in [0.15, 0.2) is 5.96 Å². The summed E-state index contributed by atoms with van der Waals surface area (Å²) in [7, 11) is 0. The van der Waals surface area contributed by atoms with Crippen molar-refractivity contribution in [2.45, 2.75) is 26.2 Å². The van der Waals surface area contributed by atoms with Crippen molar-refractivity contribution in [2.24, 2.45) is 16.3 Å². The number of nitrogens with zero attached hydrogens (tertiary/aromatic N) is 2. The summed E-state index contributed by atoms with van der Waals surface area (Å²) < 4.78 is 5.57. The Morgan fingerprint density at radius 1 is 1.33 bits per heavy atom. The summed E-state index contributed by atoms with van der Waals surface area (Å²) in [5, 5.41) is 16.3. The van der Waals surface area contributed by atoms with E-state index >= 15 is 0 Å². The van der Waals surface area contributed by atoms with Crippen LogP contribution in [0.15, 0.2) is 35.3 Å². The van der Waals surface area contributed by atoms with Gasteiger partial charge in [-0.1, -0.05) is 18.2 Å². The molecule has 2 heterocycles. The molecule has 0 saturated carbocycles. The van der Waals surface area contributed by atoms with Gasteiger partial charge >= 0.3 is 0 Å². The molecule has 2 aliphatic heterocycles. The Kier molecular flexibility index (Phi) is 7.35. The standard InChI is InChI=1S/C21H34N4O2/c1-2-22-20(24-16-21(9-12-26)10-13-27-17-21)23-14-18-8-11-25(15-18)19-6-4-3-5-7-19/h3-7,18,26H,2,8-17H2,1H3,(H2,22,23,24). The fraction of sp³-hybridized carbons (Fsp3) is 0.667. The van der Waals surface area contributed by atoms with Gasteiger partial charge in [0.05, 0.1) is 13.2 Å². The van der Waals surface area contributed by atoms with Crippen LogP contribution in [0.2, 0.25) is 0 Å². The molecule has 0 aromatic heterocycles. The van der Waals surface area contributed by atoms with Crippen LogP contribution in [-0.4, -0.2) is 63.6 Å². The zero-order valence-electron chi connectivity index (χ0n) is 16.5. The lowest BCUT2D eigenvalue weighted by Crippen LogP contribution is -2.41. The highest BCUT2D eigenvalue weighted by molar-refractivity contribution is 5.79. The number of hydrogen-bond donors (Lipinski definition) is 3. The van der Waals surface area contributed by atoms with Crippen molar-refractivity contribution in [3.8, 4) is 0 Å². The van der Waals surface area contributed by atoms with Crippen molar-refractivity contribution in [1.82, 2.24) is 10.6 Å². The molecule has 6 heteroatoms. The minimum Gasteiger partial charge on any atom is -0.396 e. The number of aliphatic imine (C=N–C) groups is 1. The molecule has 0 bridgehead atoms. The molecule has 1 aromatic carbocycles. The van der Waals surface area contributed by atoms with Crippen molar-refractivity contribution in [3.63, 3.8) is 0 Å². The molecule has 27 heavy (non-hydrogen) atoms. The van der Waals surface area contributed by atoms with E-state index < -0.39 is 0 Å². The van der Waals surface area contributed by atoms with Gasteiger partial charge in [-0.05, 0) is 44.2 Å². The number of nitrogens with one attached hydrogen (secondary N) is 2. The number of aliphatic hydroxyl groups is 1. The summed E-state index contributed by atoms with van der Waals surface area (Å²) in [4.78, 5) is 7.27. The van der Waals surface area contributed by atoms with Crippen molar-refractivity contribution in [1.29, 1.82) is 0 Å². The molecule has 0 spiro atoms. The van der Waals surface area contributed by atoms with Crippen molar-refractivity contribution < 1.29 is 9.84 Å². The molecule has 2 fully saturated rings. The zero-order valence-corrected chi connectivity index (χ0v) is 16.5. The van der Waals surface area contributed by atoms with Crippen LogP contribution in [0.1, 0.15) is 26.2 Å². The first-order valence-electron chi connectivity index (χ1n) is 10.3. The summed E-state index contributed by atoms with van der Waals surface area (Å²) >= 11 is 0. The lowest BCUT2D eigenvalue weighted by atomic mass is 9.84. The van der Waals surface area contributed by atoms with Crippen molar-refractivity contribution in [2.75, 3.05) is 57.4 Å². The Balaban J connectivity index is 1.51. The number of ether oxygens (including phenoxy) is 1. The third-order valence-electron chi connectivity index (χ3n) is 5.71. The van der Waals surface area contributed by atoms with Gasteiger partial charge < -0.3 is 25.4 Å². The number of benzene rings is 1. The average Bonchev–Trinajstić information content (AvgIpc) is 3.35. The number of aliphatic hydroxyl groups excluding tert-OH is 1. The van der Waals surface area contributed by atoms with Gasteiger partial charge in [-0.15, -0.1) is 0 Å². The summed E-state index contributed by atoms with van der Waals surface area (Å²) in [5.41, 5.74) is 1.31. The minimum absolute atomic E-state index is 0.00539. The maximum Gasteiger partial charge on any atom is 0.191 e. The quantitative estimate of drug-likeness (QED) is 0.479. The molecule has 6 nitrogen and oxygen atoms in total. The normalized spacial score (nSPS) is 25.8. The smallest absolute Gasteiger partial charge is 0.191 e. The van der Waals surface area contributed by atoms with Gasteiger partial charge in [0.25, 0.3) is 0 Å². The van der Waals surface area contributed by atoms with Crippen LogP contribution >= 0.6 is 0 Å². The second-order valence-corrected chi connectivity index (χ2v) is 7.79. The first kappa shape index (κ1) is 20.0. The van der Waals surface area contributed by atoms with Crippen LogP contribution in [0.5, 0.6) is 0 Å². The van der Waals surface area contributed by atoms with Gasteiger partial charge in [0.1, 0.15) is 0 Å². The molecule has 0 aliphatic carbocycles. The predicted molar refractivity (Wildman–Crippen MR) is 110 cm³/mol. The molecule has 3 N–H and O–H groups in total. The molecular weight excluding hydrogens is 340 g/mol. The summed E-state index contributed by atoms with van der Waals surface area (Å²) in [6.45, 7) is 8.42. The van der Waals surface area contributed by atoms with Gasteiger partial charge in [0.2, 0.25) is 0 Å². The second kappa shape index (κ2) is 9.95. The zero-order chi connectivity index (χ0) is 19.0. The Hall–Kier alpha value is -1.79. The van der Waals surface area contributed by atoms with E-state index in [0.717, 1.165) is 51.6 Å². The number of rotatable bonds is 8. The van der Waals surface area contributed by atoms with Crippen molar-refractivity contribution >= 4 is 11.6 Å². The Morgan fingerprint density at radius 3 is 2.89 bits per heavy atom. The monoisotopic (exact) mass is 374 g/mol. The van der Waals surface area contributed by atoms with Crippen LogP contribution < -0.4 is 15.5 Å². The predicted octanol–water partition coefficient (Wildman–Crippen LogP) is 1.86. The highest BCUT2D eigenvalue weighted by Crippen LogP contribution is 2.32. The van der Waals surface area contributed by atoms with Crippen LogP contribution in [-0.2, 0) is 4.74 Å². The Morgan fingerprint density at radius 2 is 2.19 bits per heavy atom. The Labute approximate surface area is 163 Å². The van der Waals surface area contributed by atoms with E-state index in [9.17, 15) is 5.11 Å². The molecule has 2 unspecified atom stereocenters.